The lowest BCUT2D eigenvalue weighted by Crippen LogP contribution is -2.36. The van der Waals surface area contributed by atoms with E-state index in [4.69, 9.17) is 10.6 Å². The molecule has 1 fully saturated rings. The number of hydrazine groups is 1. The second-order valence-electron chi connectivity index (χ2n) is 5.29. The number of nitrogens with zero attached hydrogens (tertiary/aromatic N) is 2. The number of ether oxygens (including phenoxy) is 1. The smallest absolute Gasteiger partial charge is 0.409 e. The molecule has 0 bridgehead atoms. The van der Waals surface area contributed by atoms with Gasteiger partial charge in [-0.2, -0.15) is 0 Å². The Morgan fingerprint density at radius 1 is 1.53 bits per heavy atom. The van der Waals surface area contributed by atoms with Gasteiger partial charge in [-0.15, -0.1) is 0 Å². The summed E-state index contributed by atoms with van der Waals surface area (Å²) in [5, 5.41) is 1.66. The minimum absolute atomic E-state index is 0.219. The van der Waals surface area contributed by atoms with Crippen LogP contribution in [0.5, 0.6) is 0 Å². The van der Waals surface area contributed by atoms with E-state index in [0.29, 0.717) is 5.92 Å². The Morgan fingerprint density at radius 2 is 2.32 bits per heavy atom. The molecule has 1 aliphatic carbocycles. The molecule has 19 heavy (non-hydrogen) atoms. The summed E-state index contributed by atoms with van der Waals surface area (Å²) in [4.78, 5) is 13.6. The van der Waals surface area contributed by atoms with E-state index in [-0.39, 0.29) is 12.1 Å². The van der Waals surface area contributed by atoms with E-state index >= 15 is 0 Å². The fourth-order valence-corrected chi connectivity index (χ4v) is 3.51. The van der Waals surface area contributed by atoms with Gasteiger partial charge in [0.1, 0.15) is 0 Å². The van der Waals surface area contributed by atoms with Crippen LogP contribution in [0.15, 0.2) is 18.2 Å². The van der Waals surface area contributed by atoms with E-state index in [2.05, 4.69) is 6.07 Å². The maximum absolute atomic E-state index is 11.8. The molecule has 1 aromatic rings. The van der Waals surface area contributed by atoms with Crippen LogP contribution < -0.4 is 10.9 Å². The summed E-state index contributed by atoms with van der Waals surface area (Å²) >= 11 is 0. The molecule has 2 N–H and O–H groups in total. The van der Waals surface area contributed by atoms with Crippen LogP contribution in [-0.4, -0.2) is 37.7 Å². The van der Waals surface area contributed by atoms with E-state index in [0.717, 1.165) is 25.1 Å². The molecule has 2 aliphatic rings. The highest BCUT2D eigenvalue weighted by Gasteiger charge is 2.44. The van der Waals surface area contributed by atoms with E-state index in [9.17, 15) is 4.79 Å². The number of hydrogen-bond donors (Lipinski definition) is 1. The second kappa shape index (κ2) is 4.42. The zero-order chi connectivity index (χ0) is 13.6. The second-order valence-corrected chi connectivity index (χ2v) is 5.29. The van der Waals surface area contributed by atoms with E-state index in [1.165, 1.54) is 18.2 Å². The van der Waals surface area contributed by atoms with Gasteiger partial charge in [0.05, 0.1) is 12.8 Å². The summed E-state index contributed by atoms with van der Waals surface area (Å²) in [6.45, 7) is 0.782. The van der Waals surface area contributed by atoms with Crippen molar-refractivity contribution in [3.05, 3.63) is 29.3 Å². The van der Waals surface area contributed by atoms with Gasteiger partial charge in [-0.1, -0.05) is 12.1 Å². The molecule has 1 amide bonds. The van der Waals surface area contributed by atoms with Gasteiger partial charge in [-0.25, -0.2) is 10.6 Å². The average Bonchev–Trinajstić information content (AvgIpc) is 2.95. The predicted molar refractivity (Wildman–Crippen MR) is 73.0 cm³/mol. The Labute approximate surface area is 112 Å². The zero-order valence-corrected chi connectivity index (χ0v) is 11.3. The van der Waals surface area contributed by atoms with Gasteiger partial charge in [0.15, 0.2) is 0 Å². The zero-order valence-electron chi connectivity index (χ0n) is 11.3. The normalized spacial score (nSPS) is 24.1. The number of rotatable bonds is 1. The molecule has 3 rings (SSSR count). The first-order chi connectivity index (χ1) is 9.13. The largest absolute Gasteiger partial charge is 0.453 e. The van der Waals surface area contributed by atoms with Crippen molar-refractivity contribution in [1.82, 2.24) is 4.90 Å². The van der Waals surface area contributed by atoms with Crippen molar-refractivity contribution in [2.24, 2.45) is 5.84 Å². The number of amides is 1. The number of fused-ring (bicyclic) bond motifs is 3. The topological polar surface area (TPSA) is 58.8 Å². The molecular formula is C14H19N3O2. The van der Waals surface area contributed by atoms with Crippen LogP contribution in [-0.2, 0) is 11.2 Å². The third-order valence-electron chi connectivity index (χ3n) is 4.34. The quantitative estimate of drug-likeness (QED) is 0.614. The molecule has 1 aliphatic heterocycles. The fourth-order valence-electron chi connectivity index (χ4n) is 3.51. The molecule has 5 heteroatoms. The SMILES string of the molecule is COC(=O)N1CC[C@@H]2c3cccc(N(C)N)c3C[C@@H]21. The number of benzene rings is 1. The number of methoxy groups -OCH3 is 1. The molecule has 102 valence electrons. The van der Waals surface area contributed by atoms with Crippen molar-refractivity contribution >= 4 is 11.8 Å². The highest BCUT2D eigenvalue weighted by atomic mass is 16.5. The number of carbonyl (C=O) groups is 1. The molecule has 0 aromatic heterocycles. The molecule has 1 saturated heterocycles. The summed E-state index contributed by atoms with van der Waals surface area (Å²) in [5.41, 5.74) is 3.67. The van der Waals surface area contributed by atoms with Crippen molar-refractivity contribution in [3.8, 4) is 0 Å². The molecule has 1 heterocycles. The van der Waals surface area contributed by atoms with E-state index < -0.39 is 0 Å². The molecule has 2 atom stereocenters. The number of carbonyl (C=O) groups excluding carboxylic acids is 1. The highest BCUT2D eigenvalue weighted by Crippen LogP contribution is 2.45. The van der Waals surface area contributed by atoms with Crippen LogP contribution in [0.25, 0.3) is 0 Å². The highest BCUT2D eigenvalue weighted by molar-refractivity contribution is 5.70. The van der Waals surface area contributed by atoms with Gasteiger partial charge >= 0.3 is 6.09 Å². The molecule has 0 spiro atoms. The maximum atomic E-state index is 11.8. The van der Waals surface area contributed by atoms with Gasteiger partial charge in [0.2, 0.25) is 0 Å². The van der Waals surface area contributed by atoms with Crippen molar-refractivity contribution < 1.29 is 9.53 Å². The predicted octanol–water partition coefficient (Wildman–Crippen LogP) is 1.48. The molecule has 1 aromatic carbocycles. The number of hydrogen-bond acceptors (Lipinski definition) is 4. The first-order valence-electron chi connectivity index (χ1n) is 6.58. The molecule has 0 radical (unpaired) electrons. The van der Waals surface area contributed by atoms with Crippen LogP contribution in [0.3, 0.4) is 0 Å². The summed E-state index contributed by atoms with van der Waals surface area (Å²) in [5.74, 6) is 6.31. The lowest BCUT2D eigenvalue weighted by atomic mass is 9.98. The van der Waals surface area contributed by atoms with Gasteiger partial charge in [0.25, 0.3) is 0 Å². The summed E-state index contributed by atoms with van der Waals surface area (Å²) < 4.78 is 4.87. The summed E-state index contributed by atoms with van der Waals surface area (Å²) in [7, 11) is 3.29. The summed E-state index contributed by atoms with van der Waals surface area (Å²) in [6.07, 6.45) is 1.65. The Bertz CT molecular complexity index is 515. The molecule has 0 saturated carbocycles. The van der Waals surface area contributed by atoms with Crippen LogP contribution in [0.2, 0.25) is 0 Å². The minimum atomic E-state index is -0.219. The van der Waals surface area contributed by atoms with E-state index in [1.54, 1.807) is 5.01 Å². The molecule has 5 nitrogen and oxygen atoms in total. The van der Waals surface area contributed by atoms with Gasteiger partial charge < -0.3 is 14.6 Å². The van der Waals surface area contributed by atoms with Crippen molar-refractivity contribution in [2.45, 2.75) is 24.8 Å². The first-order valence-corrected chi connectivity index (χ1v) is 6.58. The van der Waals surface area contributed by atoms with Crippen LogP contribution >= 0.6 is 0 Å². The standard InChI is InChI=1S/C14H19N3O2/c1-16(15)12-5-3-4-9-10-6-7-17(14(18)19-2)13(10)8-11(9)12/h3-5,10,13H,6-8,15H2,1-2H3/t10-,13+/m1/s1. The fraction of sp³-hybridized carbons (Fsp3) is 0.500. The Hall–Kier alpha value is -1.75. The number of anilines is 1. The number of nitrogens with two attached hydrogens (primary N) is 1. The monoisotopic (exact) mass is 261 g/mol. The van der Waals surface area contributed by atoms with Gasteiger partial charge in [-0.05, 0) is 30.0 Å². The van der Waals surface area contributed by atoms with Crippen molar-refractivity contribution in [1.29, 1.82) is 0 Å². The van der Waals surface area contributed by atoms with Crippen LogP contribution in [0.1, 0.15) is 23.5 Å². The lowest BCUT2D eigenvalue weighted by Gasteiger charge is -2.22. The maximum Gasteiger partial charge on any atom is 0.409 e. The third-order valence-corrected chi connectivity index (χ3v) is 4.34. The van der Waals surface area contributed by atoms with Crippen molar-refractivity contribution in [2.75, 3.05) is 25.7 Å². The van der Waals surface area contributed by atoms with Gasteiger partial charge in [-0.3, -0.25) is 0 Å². The van der Waals surface area contributed by atoms with Crippen molar-refractivity contribution in [3.63, 3.8) is 0 Å². The van der Waals surface area contributed by atoms with E-state index in [1.807, 2.05) is 24.1 Å². The Balaban J connectivity index is 1.96. The Morgan fingerprint density at radius 3 is 3.00 bits per heavy atom. The molecule has 0 unspecified atom stereocenters. The Kier molecular flexibility index (Phi) is 2.86. The van der Waals surface area contributed by atoms with Crippen LogP contribution in [0, 0.1) is 0 Å². The summed E-state index contributed by atoms with van der Waals surface area (Å²) in [6, 6.07) is 6.46. The van der Waals surface area contributed by atoms with Gasteiger partial charge in [0, 0.05) is 25.6 Å². The molecular weight excluding hydrogens is 242 g/mol. The first kappa shape index (κ1) is 12.3. The van der Waals surface area contributed by atoms with Crippen LogP contribution in [0.4, 0.5) is 10.5 Å². The third kappa shape index (κ3) is 1.76. The lowest BCUT2D eigenvalue weighted by molar-refractivity contribution is 0.118. The average molecular weight is 261 g/mol. The number of likely N-dealkylation sites (tertiary alicyclic amines) is 1. The minimum Gasteiger partial charge on any atom is -0.453 e.